The largest absolute Gasteiger partial charge is 0.465 e. The monoisotopic (exact) mass is 274 g/mol. The molecule has 1 aromatic carbocycles. The van der Waals surface area contributed by atoms with Crippen molar-refractivity contribution in [3.05, 3.63) is 34.8 Å². The van der Waals surface area contributed by atoms with Crippen LogP contribution >= 0.6 is 11.3 Å². The van der Waals surface area contributed by atoms with E-state index in [2.05, 4.69) is 9.72 Å². The molecule has 0 aliphatic carbocycles. The molecule has 0 atom stereocenters. The SMILES string of the molecule is COC(=O)c1cnc(Oc2ccc3c(c2)CO[B]3)s1. The predicted molar refractivity (Wildman–Crippen MR) is 70.1 cm³/mol. The molecule has 1 aliphatic heterocycles. The molecule has 2 aromatic rings. The molecule has 1 aromatic heterocycles. The van der Waals surface area contributed by atoms with Gasteiger partial charge in [-0.3, -0.25) is 0 Å². The summed E-state index contributed by atoms with van der Waals surface area (Å²) in [7, 11) is 3.05. The molecule has 0 saturated carbocycles. The second-order valence-electron chi connectivity index (χ2n) is 3.87. The Morgan fingerprint density at radius 3 is 3.26 bits per heavy atom. The van der Waals surface area contributed by atoms with Gasteiger partial charge in [0.05, 0.1) is 19.9 Å². The number of hydrogen-bond acceptors (Lipinski definition) is 6. The Kier molecular flexibility index (Phi) is 3.23. The first-order valence-electron chi connectivity index (χ1n) is 5.56. The van der Waals surface area contributed by atoms with E-state index in [1.54, 1.807) is 7.48 Å². The highest BCUT2D eigenvalue weighted by atomic mass is 32.1. The van der Waals surface area contributed by atoms with E-state index in [-0.39, 0.29) is 0 Å². The van der Waals surface area contributed by atoms with E-state index < -0.39 is 5.97 Å². The van der Waals surface area contributed by atoms with Crippen molar-refractivity contribution in [2.24, 2.45) is 0 Å². The molecule has 19 heavy (non-hydrogen) atoms. The molecule has 95 valence electrons. The van der Waals surface area contributed by atoms with Gasteiger partial charge in [-0.15, -0.1) is 0 Å². The van der Waals surface area contributed by atoms with Crippen LogP contribution in [-0.4, -0.2) is 25.5 Å². The Balaban J connectivity index is 1.78. The molecular formula is C12H9BNO4S. The molecule has 5 nitrogen and oxygen atoms in total. The highest BCUT2D eigenvalue weighted by Gasteiger charge is 2.15. The van der Waals surface area contributed by atoms with Crippen molar-refractivity contribution in [3.8, 4) is 10.9 Å². The molecular weight excluding hydrogens is 265 g/mol. The Hall–Kier alpha value is -1.86. The van der Waals surface area contributed by atoms with Gasteiger partial charge in [-0.05, 0) is 23.2 Å². The number of hydrogen-bond donors (Lipinski definition) is 0. The van der Waals surface area contributed by atoms with Crippen LogP contribution < -0.4 is 10.2 Å². The van der Waals surface area contributed by atoms with Crippen molar-refractivity contribution < 1.29 is 18.9 Å². The molecule has 0 unspecified atom stereocenters. The number of methoxy groups -OCH3 is 1. The summed E-state index contributed by atoms with van der Waals surface area (Å²) in [6.07, 6.45) is 1.44. The fourth-order valence-corrected chi connectivity index (χ4v) is 2.41. The van der Waals surface area contributed by atoms with Crippen molar-refractivity contribution in [2.75, 3.05) is 7.11 Å². The number of benzene rings is 1. The third-order valence-electron chi connectivity index (χ3n) is 2.64. The Morgan fingerprint density at radius 2 is 2.42 bits per heavy atom. The van der Waals surface area contributed by atoms with Gasteiger partial charge in [0, 0.05) is 0 Å². The first kappa shape index (κ1) is 12.2. The summed E-state index contributed by atoms with van der Waals surface area (Å²) in [4.78, 5) is 15.7. The van der Waals surface area contributed by atoms with Gasteiger partial charge in [-0.1, -0.05) is 17.4 Å². The van der Waals surface area contributed by atoms with E-state index >= 15 is 0 Å². The van der Waals surface area contributed by atoms with Crippen LogP contribution in [0.2, 0.25) is 0 Å². The fourth-order valence-electron chi connectivity index (χ4n) is 1.71. The average Bonchev–Trinajstić information content (AvgIpc) is 3.06. The van der Waals surface area contributed by atoms with Crippen LogP contribution in [0.25, 0.3) is 0 Å². The maximum Gasteiger partial charge on any atom is 0.349 e. The van der Waals surface area contributed by atoms with Crippen LogP contribution in [0.5, 0.6) is 10.9 Å². The summed E-state index contributed by atoms with van der Waals surface area (Å²) in [5.74, 6) is 0.257. The molecule has 3 rings (SSSR count). The van der Waals surface area contributed by atoms with Gasteiger partial charge in [0.1, 0.15) is 10.6 Å². The van der Waals surface area contributed by atoms with Crippen LogP contribution in [0.15, 0.2) is 24.4 Å². The van der Waals surface area contributed by atoms with E-state index in [0.29, 0.717) is 22.4 Å². The number of carbonyl (C=O) groups excluding carboxylic acids is 1. The average molecular weight is 274 g/mol. The lowest BCUT2D eigenvalue weighted by Gasteiger charge is -2.03. The summed E-state index contributed by atoms with van der Waals surface area (Å²) < 4.78 is 15.4. The van der Waals surface area contributed by atoms with Crippen molar-refractivity contribution in [1.82, 2.24) is 4.98 Å². The Labute approximate surface area is 114 Å². The molecule has 0 N–H and O–H groups in total. The third-order valence-corrected chi connectivity index (χ3v) is 3.50. The molecule has 2 heterocycles. The third kappa shape index (κ3) is 2.47. The molecule has 0 fully saturated rings. The standard InChI is InChI=1S/C12H9BNO4S/c1-16-11(15)10-5-14-12(19-10)18-8-2-3-9-7(4-8)6-17-13-9/h2-5H,6H2,1H3. The van der Waals surface area contributed by atoms with Gasteiger partial charge in [-0.25, -0.2) is 9.78 Å². The number of aromatic nitrogens is 1. The van der Waals surface area contributed by atoms with E-state index in [9.17, 15) is 4.79 Å². The number of carbonyl (C=O) groups is 1. The second kappa shape index (κ2) is 5.03. The Bertz CT molecular complexity index is 628. The number of fused-ring (bicyclic) bond motifs is 1. The van der Waals surface area contributed by atoms with Crippen LogP contribution in [0.4, 0.5) is 0 Å². The first-order valence-corrected chi connectivity index (χ1v) is 6.37. The lowest BCUT2D eigenvalue weighted by atomic mass is 9.87. The zero-order valence-electron chi connectivity index (χ0n) is 10.1. The Morgan fingerprint density at radius 1 is 1.53 bits per heavy atom. The van der Waals surface area contributed by atoms with Crippen molar-refractivity contribution in [2.45, 2.75) is 6.61 Å². The normalized spacial score (nSPS) is 12.7. The van der Waals surface area contributed by atoms with Gasteiger partial charge in [0.25, 0.3) is 5.19 Å². The molecule has 0 amide bonds. The van der Waals surface area contributed by atoms with Gasteiger partial charge in [0.15, 0.2) is 0 Å². The van der Waals surface area contributed by atoms with Crippen molar-refractivity contribution in [1.29, 1.82) is 0 Å². The number of rotatable bonds is 3. The maximum atomic E-state index is 11.3. The van der Waals surface area contributed by atoms with Gasteiger partial charge >= 0.3 is 13.5 Å². The van der Waals surface area contributed by atoms with E-state index in [0.717, 1.165) is 22.4 Å². The molecule has 1 aliphatic rings. The highest BCUT2D eigenvalue weighted by molar-refractivity contribution is 7.15. The minimum atomic E-state index is -0.413. The number of ether oxygens (including phenoxy) is 2. The van der Waals surface area contributed by atoms with Gasteiger partial charge in [-0.2, -0.15) is 0 Å². The second-order valence-corrected chi connectivity index (χ2v) is 4.87. The van der Waals surface area contributed by atoms with Gasteiger partial charge < -0.3 is 14.1 Å². The minimum absolute atomic E-state index is 0.406. The zero-order valence-corrected chi connectivity index (χ0v) is 10.9. The molecule has 7 heteroatoms. The molecule has 1 radical (unpaired) electrons. The fraction of sp³-hybridized carbons (Fsp3) is 0.167. The lowest BCUT2D eigenvalue weighted by molar-refractivity contribution is 0.0606. The summed E-state index contributed by atoms with van der Waals surface area (Å²) in [6.45, 7) is 0.553. The minimum Gasteiger partial charge on any atom is -0.465 e. The van der Waals surface area contributed by atoms with Crippen molar-refractivity contribution >= 4 is 30.3 Å². The number of thiazole rings is 1. The number of esters is 1. The van der Waals surface area contributed by atoms with E-state index in [1.807, 2.05) is 18.2 Å². The summed E-state index contributed by atoms with van der Waals surface area (Å²) in [6, 6.07) is 5.66. The topological polar surface area (TPSA) is 57.7 Å². The van der Waals surface area contributed by atoms with E-state index in [4.69, 9.17) is 9.39 Å². The number of nitrogens with zero attached hydrogens (tertiary/aromatic N) is 1. The van der Waals surface area contributed by atoms with Crippen LogP contribution in [0.1, 0.15) is 15.2 Å². The predicted octanol–water partition coefficient (Wildman–Crippen LogP) is 1.50. The summed E-state index contributed by atoms with van der Waals surface area (Å²) in [5.41, 5.74) is 2.13. The molecule has 0 saturated heterocycles. The summed E-state index contributed by atoms with van der Waals surface area (Å²) >= 11 is 1.15. The highest BCUT2D eigenvalue weighted by Crippen LogP contribution is 2.27. The summed E-state index contributed by atoms with van der Waals surface area (Å²) in [5, 5.41) is 0.406. The van der Waals surface area contributed by atoms with Crippen LogP contribution in [0, 0.1) is 0 Å². The van der Waals surface area contributed by atoms with Crippen molar-refractivity contribution in [3.63, 3.8) is 0 Å². The molecule has 0 bridgehead atoms. The van der Waals surface area contributed by atoms with Gasteiger partial charge in [0.2, 0.25) is 0 Å². The maximum absolute atomic E-state index is 11.3. The lowest BCUT2D eigenvalue weighted by Crippen LogP contribution is -2.10. The smallest absolute Gasteiger partial charge is 0.349 e. The van der Waals surface area contributed by atoms with Crippen LogP contribution in [-0.2, 0) is 16.0 Å². The van der Waals surface area contributed by atoms with Crippen LogP contribution in [0.3, 0.4) is 0 Å². The quantitative estimate of drug-likeness (QED) is 0.627. The van der Waals surface area contributed by atoms with E-state index in [1.165, 1.54) is 13.3 Å². The zero-order chi connectivity index (χ0) is 13.2. The first-order chi connectivity index (χ1) is 9.26. The molecule has 0 spiro atoms.